The first-order valence-corrected chi connectivity index (χ1v) is 7.53. The van der Waals surface area contributed by atoms with Crippen LogP contribution in [-0.4, -0.2) is 43.0 Å². The Kier molecular flexibility index (Phi) is 5.89. The Balaban J connectivity index is 1.84. The zero-order valence-electron chi connectivity index (χ0n) is 12.7. The quantitative estimate of drug-likeness (QED) is 0.846. The number of hydrogen-bond donors (Lipinski definition) is 1. The van der Waals surface area contributed by atoms with Gasteiger partial charge in [0.05, 0.1) is 19.1 Å². The Hall–Kier alpha value is -1.95. The van der Waals surface area contributed by atoms with E-state index in [1.807, 2.05) is 4.90 Å². The molecule has 1 heterocycles. The zero-order valence-corrected chi connectivity index (χ0v) is 12.7. The predicted molar refractivity (Wildman–Crippen MR) is 80.8 cm³/mol. The lowest BCUT2D eigenvalue weighted by molar-refractivity contribution is -0.150. The molecule has 1 unspecified atom stereocenters. The summed E-state index contributed by atoms with van der Waals surface area (Å²) in [4.78, 5) is 25.7. The minimum atomic E-state index is -0.391. The van der Waals surface area contributed by atoms with Gasteiger partial charge in [-0.1, -0.05) is 6.07 Å². The fourth-order valence-corrected chi connectivity index (χ4v) is 2.62. The molecule has 1 fully saturated rings. The molecular formula is C16H21FN2O3. The first-order valence-electron chi connectivity index (χ1n) is 7.53. The molecule has 1 aromatic rings. The Bertz CT molecular complexity index is 536. The highest BCUT2D eigenvalue weighted by molar-refractivity contribution is 5.92. The number of hydrogen-bond acceptors (Lipinski definition) is 4. The van der Waals surface area contributed by atoms with Crippen molar-refractivity contribution in [2.75, 3.05) is 31.6 Å². The van der Waals surface area contributed by atoms with Crippen LogP contribution < -0.4 is 5.32 Å². The van der Waals surface area contributed by atoms with Crippen molar-refractivity contribution >= 4 is 17.6 Å². The van der Waals surface area contributed by atoms with Crippen LogP contribution in [0.4, 0.5) is 10.1 Å². The van der Waals surface area contributed by atoms with Crippen LogP contribution in [0.1, 0.15) is 19.8 Å². The number of nitrogens with zero attached hydrogens (tertiary/aromatic N) is 1. The molecule has 0 bridgehead atoms. The molecule has 0 spiro atoms. The van der Waals surface area contributed by atoms with E-state index in [4.69, 9.17) is 4.74 Å². The van der Waals surface area contributed by atoms with Crippen LogP contribution in [0.15, 0.2) is 24.3 Å². The Morgan fingerprint density at radius 2 is 2.27 bits per heavy atom. The van der Waals surface area contributed by atoms with Crippen molar-refractivity contribution in [2.24, 2.45) is 5.92 Å². The lowest BCUT2D eigenvalue weighted by Gasteiger charge is -2.30. The van der Waals surface area contributed by atoms with Gasteiger partial charge in [-0.15, -0.1) is 0 Å². The van der Waals surface area contributed by atoms with Gasteiger partial charge in [-0.3, -0.25) is 14.5 Å². The maximum atomic E-state index is 13.1. The Morgan fingerprint density at radius 3 is 3.00 bits per heavy atom. The van der Waals surface area contributed by atoms with Crippen LogP contribution in [0.3, 0.4) is 0 Å². The van der Waals surface area contributed by atoms with Crippen molar-refractivity contribution in [3.8, 4) is 0 Å². The molecule has 1 aliphatic heterocycles. The van der Waals surface area contributed by atoms with Gasteiger partial charge in [0.1, 0.15) is 5.82 Å². The number of halogens is 1. The molecule has 1 aliphatic rings. The van der Waals surface area contributed by atoms with Gasteiger partial charge < -0.3 is 10.1 Å². The van der Waals surface area contributed by atoms with Crippen LogP contribution in [0, 0.1) is 11.7 Å². The number of carbonyl (C=O) groups is 2. The van der Waals surface area contributed by atoms with E-state index in [0.717, 1.165) is 19.4 Å². The number of carbonyl (C=O) groups excluding carboxylic acids is 2. The van der Waals surface area contributed by atoms with E-state index in [-0.39, 0.29) is 24.3 Å². The van der Waals surface area contributed by atoms with Crippen LogP contribution in [0.2, 0.25) is 0 Å². The van der Waals surface area contributed by atoms with Crippen molar-refractivity contribution in [1.29, 1.82) is 0 Å². The summed E-state index contributed by atoms with van der Waals surface area (Å²) in [5.41, 5.74) is 0.434. The maximum absolute atomic E-state index is 13.1. The molecule has 5 nitrogen and oxygen atoms in total. The van der Waals surface area contributed by atoms with Gasteiger partial charge >= 0.3 is 5.97 Å². The number of esters is 1. The van der Waals surface area contributed by atoms with Crippen molar-refractivity contribution in [1.82, 2.24) is 4.90 Å². The van der Waals surface area contributed by atoms with Gasteiger partial charge in [0, 0.05) is 12.2 Å². The minimum absolute atomic E-state index is 0.171. The second-order valence-corrected chi connectivity index (χ2v) is 5.38. The third-order valence-electron chi connectivity index (χ3n) is 3.60. The van der Waals surface area contributed by atoms with Gasteiger partial charge in [-0.2, -0.15) is 0 Å². The summed E-state index contributed by atoms with van der Waals surface area (Å²) in [6.45, 7) is 3.63. The standard InChI is InChI=1S/C16H21FN2O3/c1-2-22-16(21)12-5-4-8-19(10-12)11-15(20)18-14-7-3-6-13(17)9-14/h3,6-7,9,12H,2,4-5,8,10-11H2,1H3,(H,18,20). The smallest absolute Gasteiger partial charge is 0.310 e. The second-order valence-electron chi connectivity index (χ2n) is 5.38. The van der Waals surface area contributed by atoms with Crippen molar-refractivity contribution < 1.29 is 18.7 Å². The van der Waals surface area contributed by atoms with E-state index >= 15 is 0 Å². The van der Waals surface area contributed by atoms with Gasteiger partial charge in [0.25, 0.3) is 0 Å². The lowest BCUT2D eigenvalue weighted by Crippen LogP contribution is -2.43. The number of nitrogens with one attached hydrogen (secondary N) is 1. The molecule has 1 atom stereocenters. The summed E-state index contributed by atoms with van der Waals surface area (Å²) in [6.07, 6.45) is 1.65. The topological polar surface area (TPSA) is 58.6 Å². The van der Waals surface area contributed by atoms with Gasteiger partial charge in [-0.05, 0) is 44.5 Å². The van der Waals surface area contributed by atoms with E-state index < -0.39 is 5.82 Å². The molecular weight excluding hydrogens is 287 g/mol. The third-order valence-corrected chi connectivity index (χ3v) is 3.60. The molecule has 1 aromatic carbocycles. The van der Waals surface area contributed by atoms with Crippen molar-refractivity contribution in [3.63, 3.8) is 0 Å². The molecule has 1 amide bonds. The molecule has 0 aromatic heterocycles. The van der Waals surface area contributed by atoms with E-state index in [2.05, 4.69) is 5.32 Å². The number of rotatable bonds is 5. The molecule has 6 heteroatoms. The van der Waals surface area contributed by atoms with Crippen LogP contribution in [0.5, 0.6) is 0 Å². The van der Waals surface area contributed by atoms with Crippen molar-refractivity contribution in [3.05, 3.63) is 30.1 Å². The largest absolute Gasteiger partial charge is 0.466 e. The summed E-state index contributed by atoms with van der Waals surface area (Å²) >= 11 is 0. The first-order chi connectivity index (χ1) is 10.6. The number of amides is 1. The highest BCUT2D eigenvalue weighted by atomic mass is 19.1. The molecule has 0 aliphatic carbocycles. The predicted octanol–water partition coefficient (Wildman–Crippen LogP) is 2.04. The number of anilines is 1. The van der Waals surface area contributed by atoms with Crippen molar-refractivity contribution in [2.45, 2.75) is 19.8 Å². The summed E-state index contributed by atoms with van der Waals surface area (Å²) < 4.78 is 18.1. The Labute approximate surface area is 129 Å². The number of piperidine rings is 1. The van der Waals surface area contributed by atoms with E-state index in [1.165, 1.54) is 12.1 Å². The third kappa shape index (κ3) is 4.80. The molecule has 0 saturated carbocycles. The summed E-state index contributed by atoms with van der Waals surface area (Å²) in [5.74, 6) is -0.971. The highest BCUT2D eigenvalue weighted by Gasteiger charge is 2.27. The fraction of sp³-hybridized carbons (Fsp3) is 0.500. The summed E-state index contributed by atoms with van der Waals surface area (Å²) in [6, 6.07) is 5.78. The van der Waals surface area contributed by atoms with E-state index in [0.29, 0.717) is 18.8 Å². The zero-order chi connectivity index (χ0) is 15.9. The number of ether oxygens (including phenoxy) is 1. The van der Waals surface area contributed by atoms with Gasteiger partial charge in [-0.25, -0.2) is 4.39 Å². The monoisotopic (exact) mass is 308 g/mol. The van der Waals surface area contributed by atoms with Crippen LogP contribution in [-0.2, 0) is 14.3 Å². The normalized spacial score (nSPS) is 18.7. The average Bonchev–Trinajstić information content (AvgIpc) is 2.47. The summed E-state index contributed by atoms with van der Waals surface area (Å²) in [7, 11) is 0. The Morgan fingerprint density at radius 1 is 1.45 bits per heavy atom. The van der Waals surface area contributed by atoms with E-state index in [1.54, 1.807) is 19.1 Å². The summed E-state index contributed by atoms with van der Waals surface area (Å²) in [5, 5.41) is 2.66. The molecule has 120 valence electrons. The highest BCUT2D eigenvalue weighted by Crippen LogP contribution is 2.18. The average molecular weight is 308 g/mol. The second kappa shape index (κ2) is 7.89. The first kappa shape index (κ1) is 16.4. The van der Waals surface area contributed by atoms with Crippen LogP contribution in [0.25, 0.3) is 0 Å². The molecule has 0 radical (unpaired) electrons. The van der Waals surface area contributed by atoms with Crippen LogP contribution >= 0.6 is 0 Å². The maximum Gasteiger partial charge on any atom is 0.310 e. The molecule has 22 heavy (non-hydrogen) atoms. The van der Waals surface area contributed by atoms with Gasteiger partial charge in [0.2, 0.25) is 5.91 Å². The molecule has 2 rings (SSSR count). The number of benzene rings is 1. The molecule has 1 N–H and O–H groups in total. The minimum Gasteiger partial charge on any atom is -0.466 e. The fourth-order valence-electron chi connectivity index (χ4n) is 2.62. The molecule has 1 saturated heterocycles. The number of likely N-dealkylation sites (tertiary alicyclic amines) is 1. The SMILES string of the molecule is CCOC(=O)C1CCCN(CC(=O)Nc2cccc(F)c2)C1. The van der Waals surface area contributed by atoms with Gasteiger partial charge in [0.15, 0.2) is 0 Å². The van der Waals surface area contributed by atoms with E-state index in [9.17, 15) is 14.0 Å². The lowest BCUT2D eigenvalue weighted by atomic mass is 9.98.